The first kappa shape index (κ1) is 21.5. The van der Waals surface area contributed by atoms with E-state index < -0.39 is 17.2 Å². The first-order chi connectivity index (χ1) is 15.8. The van der Waals surface area contributed by atoms with Gasteiger partial charge in [0.1, 0.15) is 5.78 Å². The van der Waals surface area contributed by atoms with E-state index in [1.165, 1.54) is 12.1 Å². The van der Waals surface area contributed by atoms with Crippen molar-refractivity contribution in [3.05, 3.63) is 82.9 Å². The van der Waals surface area contributed by atoms with E-state index in [9.17, 15) is 23.1 Å². The average molecular weight is 456 g/mol. The van der Waals surface area contributed by atoms with Crippen molar-refractivity contribution in [3.8, 4) is 22.6 Å². The van der Waals surface area contributed by atoms with Crippen molar-refractivity contribution in [2.45, 2.75) is 37.5 Å². The molecule has 1 N–H and O–H groups in total. The molecule has 0 spiro atoms. The third kappa shape index (κ3) is 3.97. The van der Waals surface area contributed by atoms with Crippen molar-refractivity contribution in [1.29, 1.82) is 0 Å². The van der Waals surface area contributed by atoms with E-state index >= 15 is 0 Å². The van der Waals surface area contributed by atoms with E-state index in [1.54, 1.807) is 30.3 Å². The molecule has 7 heteroatoms. The van der Waals surface area contributed by atoms with Gasteiger partial charge in [0.05, 0.1) is 17.6 Å². The Morgan fingerprint density at radius 3 is 2.30 bits per heavy atom. The van der Waals surface area contributed by atoms with Crippen LogP contribution in [0.1, 0.15) is 36.5 Å². The number of aliphatic hydroxyl groups is 1. The molecule has 1 heterocycles. The second kappa shape index (κ2) is 7.92. The molecular formula is C26H23F3O4. The van der Waals surface area contributed by atoms with Gasteiger partial charge in [0.2, 0.25) is 6.79 Å². The minimum Gasteiger partial charge on any atom is -0.454 e. The topological polar surface area (TPSA) is 55.8 Å². The summed E-state index contributed by atoms with van der Waals surface area (Å²) in [6.45, 7) is -0.0454. The molecule has 4 nitrogen and oxygen atoms in total. The largest absolute Gasteiger partial charge is 0.454 e. The first-order valence-corrected chi connectivity index (χ1v) is 10.6. The van der Waals surface area contributed by atoms with Gasteiger partial charge in [-0.2, -0.15) is 13.2 Å². The van der Waals surface area contributed by atoms with Gasteiger partial charge in [-0.3, -0.25) is 4.79 Å². The molecule has 0 aromatic heterocycles. The maximum absolute atomic E-state index is 13.7. The summed E-state index contributed by atoms with van der Waals surface area (Å²) >= 11 is 0. The lowest BCUT2D eigenvalue weighted by Crippen LogP contribution is -2.22. The smallest absolute Gasteiger partial charge is 0.417 e. The molecule has 0 saturated heterocycles. The van der Waals surface area contributed by atoms with Crippen LogP contribution in [0.5, 0.6) is 11.5 Å². The third-order valence-electron chi connectivity index (χ3n) is 6.41. The second-order valence-electron chi connectivity index (χ2n) is 8.48. The predicted molar refractivity (Wildman–Crippen MR) is 117 cm³/mol. The van der Waals surface area contributed by atoms with E-state index in [1.807, 2.05) is 12.1 Å². The molecule has 0 atom stereocenters. The van der Waals surface area contributed by atoms with Gasteiger partial charge in [0.25, 0.3) is 0 Å². The highest BCUT2D eigenvalue weighted by Gasteiger charge is 2.50. The van der Waals surface area contributed by atoms with Crippen molar-refractivity contribution in [2.75, 3.05) is 6.79 Å². The van der Waals surface area contributed by atoms with E-state index in [0.29, 0.717) is 41.0 Å². The number of alkyl halides is 3. The molecule has 172 valence electrons. The number of ether oxygens (including phenoxy) is 2. The summed E-state index contributed by atoms with van der Waals surface area (Å²) in [7, 11) is 0. The van der Waals surface area contributed by atoms with Gasteiger partial charge >= 0.3 is 6.18 Å². The summed E-state index contributed by atoms with van der Waals surface area (Å²) in [6, 6.07) is 15.6. The molecule has 33 heavy (non-hydrogen) atoms. The van der Waals surface area contributed by atoms with E-state index in [0.717, 1.165) is 11.6 Å². The van der Waals surface area contributed by atoms with Gasteiger partial charge in [-0.25, -0.2) is 0 Å². The molecule has 1 aliphatic heterocycles. The molecule has 0 unspecified atom stereocenters. The van der Waals surface area contributed by atoms with Crippen molar-refractivity contribution in [2.24, 2.45) is 0 Å². The van der Waals surface area contributed by atoms with Crippen LogP contribution < -0.4 is 9.47 Å². The number of hydrogen-bond acceptors (Lipinski definition) is 4. The van der Waals surface area contributed by atoms with Crippen LogP contribution in [0.3, 0.4) is 0 Å². The zero-order valence-electron chi connectivity index (χ0n) is 17.6. The molecule has 0 amide bonds. The summed E-state index contributed by atoms with van der Waals surface area (Å²) in [4.78, 5) is 13.3. The Hall–Kier alpha value is -3.32. The SMILES string of the molecule is O=C(Cc1ccc(C(F)(F)F)c(-c2ccc(CO)cc2)c1)C1(c2ccc3c(c2)OCO3)CC1.[HH]. The van der Waals surface area contributed by atoms with Gasteiger partial charge in [-0.15, -0.1) is 0 Å². The fourth-order valence-corrected chi connectivity index (χ4v) is 4.38. The molecular weight excluding hydrogens is 433 g/mol. The number of hydrogen-bond donors (Lipinski definition) is 1. The quantitative estimate of drug-likeness (QED) is 0.518. The van der Waals surface area contributed by atoms with Crippen LogP contribution in [0, 0.1) is 0 Å². The Labute approximate surface area is 190 Å². The zero-order chi connectivity index (χ0) is 23.2. The van der Waals surface area contributed by atoms with Gasteiger partial charge < -0.3 is 14.6 Å². The number of fused-ring (bicyclic) bond motifs is 1. The Morgan fingerprint density at radius 1 is 0.939 bits per heavy atom. The maximum Gasteiger partial charge on any atom is 0.417 e. The zero-order valence-corrected chi connectivity index (χ0v) is 17.6. The molecule has 1 fully saturated rings. The number of ketones is 1. The van der Waals surface area contributed by atoms with E-state index in [-0.39, 0.29) is 32.6 Å². The number of carbonyl (C=O) groups excluding carboxylic acids is 1. The second-order valence-corrected chi connectivity index (χ2v) is 8.48. The van der Waals surface area contributed by atoms with Crippen molar-refractivity contribution < 1.29 is 34.0 Å². The Balaban J connectivity index is 0.00000274. The van der Waals surface area contributed by atoms with E-state index in [2.05, 4.69) is 0 Å². The van der Waals surface area contributed by atoms with Crippen LogP contribution >= 0.6 is 0 Å². The van der Waals surface area contributed by atoms with Crippen LogP contribution in [0.4, 0.5) is 13.2 Å². The van der Waals surface area contributed by atoms with Crippen molar-refractivity contribution >= 4 is 5.78 Å². The predicted octanol–water partition coefficient (Wildman–Crippen LogP) is 5.68. The Kier molecular flexibility index (Phi) is 5.16. The monoisotopic (exact) mass is 456 g/mol. The highest BCUT2D eigenvalue weighted by atomic mass is 19.4. The fraction of sp³-hybridized carbons (Fsp3) is 0.269. The number of aliphatic hydroxyl groups excluding tert-OH is 1. The van der Waals surface area contributed by atoms with Crippen LogP contribution in [0.25, 0.3) is 11.1 Å². The van der Waals surface area contributed by atoms with Crippen LogP contribution in [0.15, 0.2) is 60.7 Å². The van der Waals surface area contributed by atoms with Crippen LogP contribution in [-0.2, 0) is 29.4 Å². The summed E-state index contributed by atoms with van der Waals surface area (Å²) in [5, 5.41) is 9.22. The Morgan fingerprint density at radius 2 is 1.64 bits per heavy atom. The fourth-order valence-electron chi connectivity index (χ4n) is 4.38. The number of rotatable bonds is 6. The standard InChI is InChI=1S/C26H21F3O4.H2/c27-26(28,29)21-7-3-17(11-20(21)18-4-1-16(14-30)2-5-18)12-24(31)25(9-10-25)19-6-8-22-23(13-19)33-15-32-22;/h1-8,11,13,30H,9-10,12,14-15H2;1H. The Bertz CT molecular complexity index is 1220. The number of Topliss-reactive ketones (excluding diaryl/α,β-unsaturated/α-hetero) is 1. The van der Waals surface area contributed by atoms with Crippen LogP contribution in [-0.4, -0.2) is 17.7 Å². The van der Waals surface area contributed by atoms with Gasteiger partial charge in [-0.1, -0.05) is 42.5 Å². The molecule has 2 aliphatic rings. The first-order valence-electron chi connectivity index (χ1n) is 10.6. The average Bonchev–Trinajstić information content (AvgIpc) is 3.49. The van der Waals surface area contributed by atoms with Gasteiger partial charge in [0.15, 0.2) is 11.5 Å². The molecule has 0 radical (unpaired) electrons. The lowest BCUT2D eigenvalue weighted by molar-refractivity contribution is -0.137. The summed E-state index contributed by atoms with van der Waals surface area (Å²) in [5.41, 5.74) is 0.998. The van der Waals surface area contributed by atoms with E-state index in [4.69, 9.17) is 9.47 Å². The normalized spacial score (nSPS) is 16.0. The highest BCUT2D eigenvalue weighted by Crippen LogP contribution is 2.51. The van der Waals surface area contributed by atoms with Crippen LogP contribution in [0.2, 0.25) is 0 Å². The molecule has 1 aliphatic carbocycles. The summed E-state index contributed by atoms with van der Waals surface area (Å²) < 4.78 is 51.8. The molecule has 0 bridgehead atoms. The number of halogens is 3. The third-order valence-corrected chi connectivity index (χ3v) is 6.41. The summed E-state index contributed by atoms with van der Waals surface area (Å²) in [6.07, 6.45) is -3.10. The molecule has 1 saturated carbocycles. The molecule has 3 aromatic rings. The summed E-state index contributed by atoms with van der Waals surface area (Å²) in [5.74, 6) is 1.22. The van der Waals surface area contributed by atoms with Crippen molar-refractivity contribution in [1.82, 2.24) is 0 Å². The highest BCUT2D eigenvalue weighted by molar-refractivity contribution is 5.95. The lowest BCUT2D eigenvalue weighted by atomic mass is 9.86. The van der Waals surface area contributed by atoms with Gasteiger partial charge in [0, 0.05) is 7.85 Å². The van der Waals surface area contributed by atoms with Gasteiger partial charge in [-0.05, 0) is 58.9 Å². The number of benzene rings is 3. The number of carbonyl (C=O) groups is 1. The molecule has 5 rings (SSSR count). The molecule has 3 aromatic carbocycles. The van der Waals surface area contributed by atoms with Crippen molar-refractivity contribution in [3.63, 3.8) is 0 Å². The lowest BCUT2D eigenvalue weighted by Gasteiger charge is -2.18. The maximum atomic E-state index is 13.7. The minimum atomic E-state index is -4.53. The minimum absolute atomic E-state index is 0.